The van der Waals surface area contributed by atoms with Gasteiger partial charge in [-0.25, -0.2) is 14.8 Å². The normalized spacial score (nSPS) is 24.4. The zero-order chi connectivity index (χ0) is 23.1. The van der Waals surface area contributed by atoms with E-state index in [1.807, 2.05) is 0 Å². The van der Waals surface area contributed by atoms with Gasteiger partial charge in [0.25, 0.3) is 0 Å². The second-order valence-electron chi connectivity index (χ2n) is 8.57. The van der Waals surface area contributed by atoms with E-state index in [1.54, 1.807) is 32.7 Å². The Balaban J connectivity index is 1.80. The minimum Gasteiger partial charge on any atom is -0.444 e. The highest BCUT2D eigenvalue weighted by molar-refractivity contribution is 7.18. The molecular formula is C19H25F3N4O4S. The van der Waals surface area contributed by atoms with Crippen molar-refractivity contribution in [2.75, 3.05) is 11.9 Å². The fourth-order valence-corrected chi connectivity index (χ4v) is 4.63. The van der Waals surface area contributed by atoms with Crippen molar-refractivity contribution < 1.29 is 32.9 Å². The van der Waals surface area contributed by atoms with Gasteiger partial charge >= 0.3 is 12.3 Å². The number of hydrogen-bond acceptors (Lipinski definition) is 8. The van der Waals surface area contributed by atoms with E-state index in [0.29, 0.717) is 16.0 Å². The monoisotopic (exact) mass is 462 g/mol. The van der Waals surface area contributed by atoms with Crippen molar-refractivity contribution in [2.45, 2.75) is 69.7 Å². The minimum atomic E-state index is -4.34. The lowest BCUT2D eigenvalue weighted by atomic mass is 10.1. The molecule has 4 atom stereocenters. The van der Waals surface area contributed by atoms with E-state index in [4.69, 9.17) is 4.74 Å². The van der Waals surface area contributed by atoms with Gasteiger partial charge in [-0.3, -0.25) is 0 Å². The molecule has 31 heavy (non-hydrogen) atoms. The fourth-order valence-electron chi connectivity index (χ4n) is 3.61. The molecule has 0 radical (unpaired) electrons. The lowest BCUT2D eigenvalue weighted by Gasteiger charge is -2.28. The van der Waals surface area contributed by atoms with E-state index in [0.717, 1.165) is 11.3 Å². The number of likely N-dealkylation sites (N-methyl/N-ethyl adjacent to an activating group) is 1. The molecule has 2 heterocycles. The van der Waals surface area contributed by atoms with Gasteiger partial charge in [-0.2, -0.15) is 13.2 Å². The number of amides is 1. The largest absolute Gasteiger partial charge is 0.444 e. The second kappa shape index (κ2) is 8.40. The van der Waals surface area contributed by atoms with Gasteiger partial charge in [0.15, 0.2) is 0 Å². The Kier molecular flexibility index (Phi) is 6.36. The molecule has 1 saturated carbocycles. The maximum atomic E-state index is 12.8. The highest BCUT2D eigenvalue weighted by Gasteiger charge is 2.45. The zero-order valence-electron chi connectivity index (χ0n) is 17.5. The number of hydrogen-bond donors (Lipinski definition) is 3. The standard InChI is InChI=1S/C19H25F3N4O4S/c1-18(2,3)30-17(29)25-11-6-12(14(28)13(11)27)26(4)15-10-5-9(7-19(20,21)22)31-16(10)24-8-23-15/h5,8,11-14,27-28H,6-7H2,1-4H3,(H,25,29)/t11-,12+,13-,14+/m1/s1. The van der Waals surface area contributed by atoms with Crippen LogP contribution in [0.1, 0.15) is 32.1 Å². The average Bonchev–Trinajstić information content (AvgIpc) is 3.13. The first kappa shape index (κ1) is 23.5. The number of anilines is 1. The number of thiophene rings is 1. The van der Waals surface area contributed by atoms with Gasteiger partial charge in [-0.1, -0.05) is 0 Å². The Morgan fingerprint density at radius 3 is 2.58 bits per heavy atom. The molecule has 8 nitrogen and oxygen atoms in total. The molecule has 12 heteroatoms. The van der Waals surface area contributed by atoms with Crippen molar-refractivity contribution in [2.24, 2.45) is 0 Å². The topological polar surface area (TPSA) is 108 Å². The van der Waals surface area contributed by atoms with E-state index in [9.17, 15) is 28.2 Å². The van der Waals surface area contributed by atoms with Crippen molar-refractivity contribution >= 4 is 33.5 Å². The number of alkyl carbamates (subject to hydrolysis) is 1. The van der Waals surface area contributed by atoms with Gasteiger partial charge in [0.1, 0.15) is 34.8 Å². The molecule has 0 unspecified atom stereocenters. The zero-order valence-corrected chi connectivity index (χ0v) is 18.3. The summed E-state index contributed by atoms with van der Waals surface area (Å²) in [4.78, 5) is 22.4. The minimum absolute atomic E-state index is 0.106. The lowest BCUT2D eigenvalue weighted by Crippen LogP contribution is -2.45. The van der Waals surface area contributed by atoms with Crippen LogP contribution in [0.3, 0.4) is 0 Å². The Morgan fingerprint density at radius 2 is 1.97 bits per heavy atom. The highest BCUT2D eigenvalue weighted by atomic mass is 32.1. The second-order valence-corrected chi connectivity index (χ2v) is 9.68. The number of alkyl halides is 3. The third-order valence-electron chi connectivity index (χ3n) is 4.92. The smallest absolute Gasteiger partial charge is 0.407 e. The lowest BCUT2D eigenvalue weighted by molar-refractivity contribution is -0.126. The predicted molar refractivity (Wildman–Crippen MR) is 109 cm³/mol. The van der Waals surface area contributed by atoms with E-state index in [-0.39, 0.29) is 11.3 Å². The van der Waals surface area contributed by atoms with Crippen molar-refractivity contribution in [1.82, 2.24) is 15.3 Å². The summed E-state index contributed by atoms with van der Waals surface area (Å²) in [6.45, 7) is 5.12. The SMILES string of the molecule is CN(c1ncnc2sc(CC(F)(F)F)cc12)[C@H]1C[C@@H](NC(=O)OC(C)(C)C)[C@@H](O)[C@H]1O. The molecule has 1 fully saturated rings. The number of carbonyl (C=O) groups is 1. The van der Waals surface area contributed by atoms with Crippen molar-refractivity contribution in [3.63, 3.8) is 0 Å². The molecule has 172 valence electrons. The van der Waals surface area contributed by atoms with Crippen LogP contribution >= 0.6 is 11.3 Å². The third kappa shape index (κ3) is 5.55. The summed E-state index contributed by atoms with van der Waals surface area (Å²) < 4.78 is 43.5. The highest BCUT2D eigenvalue weighted by Crippen LogP contribution is 2.36. The van der Waals surface area contributed by atoms with Crippen LogP contribution in [0.25, 0.3) is 10.2 Å². The quantitative estimate of drug-likeness (QED) is 0.641. The van der Waals surface area contributed by atoms with Crippen LogP contribution in [0, 0.1) is 0 Å². The number of rotatable bonds is 4. The van der Waals surface area contributed by atoms with Crippen molar-refractivity contribution in [1.29, 1.82) is 0 Å². The number of ether oxygens (including phenoxy) is 1. The average molecular weight is 462 g/mol. The third-order valence-corrected chi connectivity index (χ3v) is 5.96. The summed E-state index contributed by atoms with van der Waals surface area (Å²) in [7, 11) is 1.62. The molecule has 1 amide bonds. The van der Waals surface area contributed by atoms with Gasteiger partial charge in [0.2, 0.25) is 0 Å². The first-order valence-corrected chi connectivity index (χ1v) is 10.5. The molecule has 0 spiro atoms. The van der Waals surface area contributed by atoms with Crippen molar-refractivity contribution in [3.8, 4) is 0 Å². The Hall–Kier alpha value is -2.18. The van der Waals surface area contributed by atoms with Gasteiger partial charge < -0.3 is 25.2 Å². The van der Waals surface area contributed by atoms with E-state index < -0.39 is 48.6 Å². The molecule has 3 rings (SSSR count). The maximum Gasteiger partial charge on any atom is 0.407 e. The molecule has 2 aromatic rings. The Labute approximate surface area is 181 Å². The molecule has 2 aromatic heterocycles. The molecule has 3 N–H and O–H groups in total. The summed E-state index contributed by atoms with van der Waals surface area (Å²) in [5.74, 6) is 0.337. The van der Waals surface area contributed by atoms with Crippen LogP contribution < -0.4 is 10.2 Å². The van der Waals surface area contributed by atoms with E-state index in [1.165, 1.54) is 12.4 Å². The van der Waals surface area contributed by atoms with Gasteiger partial charge in [0, 0.05) is 11.9 Å². The number of aromatic nitrogens is 2. The molecule has 0 saturated heterocycles. The number of aliphatic hydroxyl groups is 2. The Morgan fingerprint density at radius 1 is 1.29 bits per heavy atom. The van der Waals surface area contributed by atoms with Gasteiger partial charge in [-0.15, -0.1) is 11.3 Å². The summed E-state index contributed by atoms with van der Waals surface area (Å²) in [6, 6.07) is -0.00931. The molecule has 1 aliphatic carbocycles. The number of fused-ring (bicyclic) bond motifs is 1. The molecule has 0 bridgehead atoms. The summed E-state index contributed by atoms with van der Waals surface area (Å²) in [5, 5.41) is 24.0. The number of nitrogens with one attached hydrogen (secondary N) is 1. The van der Waals surface area contributed by atoms with Gasteiger partial charge in [0.05, 0.1) is 23.9 Å². The summed E-state index contributed by atoms with van der Waals surface area (Å²) >= 11 is 0.931. The molecule has 0 aromatic carbocycles. The predicted octanol–water partition coefficient (Wildman–Crippen LogP) is 2.62. The Bertz CT molecular complexity index is 946. The van der Waals surface area contributed by atoms with Gasteiger partial charge in [-0.05, 0) is 33.3 Å². The first-order chi connectivity index (χ1) is 14.2. The number of aliphatic hydroxyl groups excluding tert-OH is 2. The van der Waals surface area contributed by atoms with Crippen LogP contribution in [0.2, 0.25) is 0 Å². The van der Waals surface area contributed by atoms with E-state index in [2.05, 4.69) is 15.3 Å². The molecule has 0 aliphatic heterocycles. The van der Waals surface area contributed by atoms with Crippen LogP contribution in [-0.4, -0.2) is 69.4 Å². The summed E-state index contributed by atoms with van der Waals surface area (Å²) in [6.07, 6.45) is -7.16. The molecular weight excluding hydrogens is 437 g/mol. The van der Waals surface area contributed by atoms with Crippen LogP contribution in [0.4, 0.5) is 23.8 Å². The number of nitrogens with zero attached hydrogens (tertiary/aromatic N) is 3. The number of carbonyl (C=O) groups excluding carboxylic acids is 1. The maximum absolute atomic E-state index is 12.8. The summed E-state index contributed by atoms with van der Waals surface area (Å²) in [5.41, 5.74) is -0.720. The van der Waals surface area contributed by atoms with E-state index >= 15 is 0 Å². The molecule has 1 aliphatic rings. The van der Waals surface area contributed by atoms with Crippen LogP contribution in [0.15, 0.2) is 12.4 Å². The van der Waals surface area contributed by atoms with Crippen molar-refractivity contribution in [3.05, 3.63) is 17.3 Å². The fraction of sp³-hybridized carbons (Fsp3) is 0.632. The van der Waals surface area contributed by atoms with Crippen LogP contribution in [0.5, 0.6) is 0 Å². The van der Waals surface area contributed by atoms with Crippen LogP contribution in [-0.2, 0) is 11.2 Å². The number of halogens is 3. The first-order valence-electron chi connectivity index (χ1n) is 9.64.